The first kappa shape index (κ1) is 20.0. The first-order chi connectivity index (χ1) is 12.4. The number of nitrogens with one attached hydrogen (secondary N) is 1. The fourth-order valence-electron chi connectivity index (χ4n) is 3.02. The third-order valence-electron chi connectivity index (χ3n) is 4.69. The lowest BCUT2D eigenvalue weighted by atomic mass is 9.90. The van der Waals surface area contributed by atoms with E-state index in [1.807, 2.05) is 24.3 Å². The highest BCUT2D eigenvalue weighted by Gasteiger charge is 2.39. The Morgan fingerprint density at radius 3 is 2.38 bits per heavy atom. The molecule has 1 N–H and O–H groups in total. The molecule has 26 heavy (non-hydrogen) atoms. The molecule has 0 unspecified atom stereocenters. The average Bonchev–Trinajstić information content (AvgIpc) is 2.67. The number of piperazine rings is 1. The van der Waals surface area contributed by atoms with E-state index in [0.29, 0.717) is 39.3 Å². The Morgan fingerprint density at radius 1 is 1.12 bits per heavy atom. The van der Waals surface area contributed by atoms with E-state index in [-0.39, 0.29) is 11.8 Å². The smallest absolute Gasteiger partial charge is 0.237 e. The molecule has 0 spiro atoms. The number of benzene rings is 1. The number of hydrogen-bond acceptors (Lipinski definition) is 5. The molecule has 0 atom stereocenters. The molecule has 0 radical (unpaired) electrons. The van der Waals surface area contributed by atoms with Crippen molar-refractivity contribution in [3.05, 3.63) is 24.3 Å². The van der Waals surface area contributed by atoms with Crippen LogP contribution in [-0.2, 0) is 14.3 Å². The van der Waals surface area contributed by atoms with Crippen molar-refractivity contribution >= 4 is 17.5 Å². The predicted octanol–water partition coefficient (Wildman–Crippen LogP) is 1.13. The molecule has 1 heterocycles. The van der Waals surface area contributed by atoms with Crippen LogP contribution in [0.3, 0.4) is 0 Å². The normalized spacial score (nSPS) is 14.9. The van der Waals surface area contributed by atoms with Gasteiger partial charge >= 0.3 is 0 Å². The van der Waals surface area contributed by atoms with Crippen LogP contribution in [0.4, 0.5) is 5.69 Å². The van der Waals surface area contributed by atoms with Crippen molar-refractivity contribution in [3.8, 4) is 5.75 Å². The maximum Gasteiger partial charge on any atom is 0.237 e. The van der Waals surface area contributed by atoms with Crippen LogP contribution < -0.4 is 15.0 Å². The Bertz CT molecular complexity index is 625. The molecule has 1 aliphatic heterocycles. The minimum atomic E-state index is -1.10. The van der Waals surface area contributed by atoms with Crippen molar-refractivity contribution in [2.75, 3.05) is 58.5 Å². The molecule has 1 fully saturated rings. The van der Waals surface area contributed by atoms with Gasteiger partial charge in [0.1, 0.15) is 11.2 Å². The lowest BCUT2D eigenvalue weighted by Crippen LogP contribution is -2.55. The van der Waals surface area contributed by atoms with Gasteiger partial charge in [-0.1, -0.05) is 12.1 Å². The van der Waals surface area contributed by atoms with Gasteiger partial charge in [-0.05, 0) is 26.0 Å². The fraction of sp³-hybridized carbons (Fsp3) is 0.579. The lowest BCUT2D eigenvalue weighted by Gasteiger charge is -2.39. The molecule has 1 aromatic carbocycles. The minimum Gasteiger partial charge on any atom is -0.495 e. The SMILES string of the molecule is COCCNC(=O)C(C)(C)C(=O)N1CCN(c2ccccc2OC)CC1. The highest BCUT2D eigenvalue weighted by Crippen LogP contribution is 2.29. The molecule has 1 aromatic rings. The van der Waals surface area contributed by atoms with Gasteiger partial charge in [-0.2, -0.15) is 0 Å². The summed E-state index contributed by atoms with van der Waals surface area (Å²) in [5.41, 5.74) is -0.0703. The maximum atomic E-state index is 12.9. The second-order valence-electron chi connectivity index (χ2n) is 6.82. The molecular weight excluding hydrogens is 334 g/mol. The van der Waals surface area contributed by atoms with Crippen molar-refractivity contribution in [2.45, 2.75) is 13.8 Å². The number of nitrogens with zero attached hydrogens (tertiary/aromatic N) is 2. The third-order valence-corrected chi connectivity index (χ3v) is 4.69. The van der Waals surface area contributed by atoms with Crippen LogP contribution >= 0.6 is 0 Å². The zero-order valence-corrected chi connectivity index (χ0v) is 16.1. The number of para-hydroxylation sites is 2. The number of ether oxygens (including phenoxy) is 2. The largest absolute Gasteiger partial charge is 0.495 e. The van der Waals surface area contributed by atoms with Crippen LogP contribution in [0.15, 0.2) is 24.3 Å². The van der Waals surface area contributed by atoms with E-state index in [1.54, 1.807) is 33.0 Å². The maximum absolute atomic E-state index is 12.9. The van der Waals surface area contributed by atoms with Gasteiger partial charge in [0, 0.05) is 39.8 Å². The summed E-state index contributed by atoms with van der Waals surface area (Å²) >= 11 is 0. The van der Waals surface area contributed by atoms with Gasteiger partial charge in [-0.3, -0.25) is 9.59 Å². The third kappa shape index (κ3) is 4.46. The molecule has 7 heteroatoms. The zero-order chi connectivity index (χ0) is 19.2. The van der Waals surface area contributed by atoms with Gasteiger partial charge in [0.05, 0.1) is 19.4 Å². The van der Waals surface area contributed by atoms with Gasteiger partial charge < -0.3 is 24.6 Å². The van der Waals surface area contributed by atoms with E-state index >= 15 is 0 Å². The van der Waals surface area contributed by atoms with Gasteiger partial charge in [0.2, 0.25) is 11.8 Å². The van der Waals surface area contributed by atoms with Crippen molar-refractivity contribution in [2.24, 2.45) is 5.41 Å². The van der Waals surface area contributed by atoms with E-state index in [1.165, 1.54) is 0 Å². The number of rotatable bonds is 7. The summed E-state index contributed by atoms with van der Waals surface area (Å²) in [5, 5.41) is 2.76. The lowest BCUT2D eigenvalue weighted by molar-refractivity contribution is -0.148. The topological polar surface area (TPSA) is 71.1 Å². The number of carbonyl (C=O) groups is 2. The number of carbonyl (C=O) groups excluding carboxylic acids is 2. The molecule has 0 bridgehead atoms. The first-order valence-electron chi connectivity index (χ1n) is 8.86. The number of amides is 2. The summed E-state index contributed by atoms with van der Waals surface area (Å²) in [4.78, 5) is 29.2. The van der Waals surface area contributed by atoms with Gasteiger partial charge in [-0.15, -0.1) is 0 Å². The Balaban J connectivity index is 1.96. The summed E-state index contributed by atoms with van der Waals surface area (Å²) in [5.74, 6) is 0.406. The molecular formula is C19H29N3O4. The van der Waals surface area contributed by atoms with Crippen molar-refractivity contribution in [3.63, 3.8) is 0 Å². The molecule has 144 valence electrons. The van der Waals surface area contributed by atoms with Crippen LogP contribution in [0.2, 0.25) is 0 Å². The van der Waals surface area contributed by atoms with Gasteiger partial charge in [0.25, 0.3) is 0 Å². The summed E-state index contributed by atoms with van der Waals surface area (Å²) in [6.07, 6.45) is 0. The first-order valence-corrected chi connectivity index (χ1v) is 8.86. The van der Waals surface area contributed by atoms with Gasteiger partial charge in [0.15, 0.2) is 0 Å². The van der Waals surface area contributed by atoms with Crippen molar-refractivity contribution in [1.82, 2.24) is 10.2 Å². The molecule has 1 aliphatic rings. The highest BCUT2D eigenvalue weighted by molar-refractivity contribution is 6.04. The molecule has 1 saturated heterocycles. The highest BCUT2D eigenvalue weighted by atomic mass is 16.5. The summed E-state index contributed by atoms with van der Waals surface area (Å²) < 4.78 is 10.3. The molecule has 0 aromatic heterocycles. The molecule has 2 rings (SSSR count). The van der Waals surface area contributed by atoms with Crippen molar-refractivity contribution in [1.29, 1.82) is 0 Å². The monoisotopic (exact) mass is 363 g/mol. The van der Waals surface area contributed by atoms with Gasteiger partial charge in [-0.25, -0.2) is 0 Å². The number of methoxy groups -OCH3 is 2. The summed E-state index contributed by atoms with van der Waals surface area (Å²) in [6, 6.07) is 7.86. The quantitative estimate of drug-likeness (QED) is 0.581. The summed E-state index contributed by atoms with van der Waals surface area (Å²) in [6.45, 7) is 6.72. The molecule has 0 aliphatic carbocycles. The predicted molar refractivity (Wildman–Crippen MR) is 100 cm³/mol. The van der Waals surface area contributed by atoms with E-state index in [9.17, 15) is 9.59 Å². The second-order valence-corrected chi connectivity index (χ2v) is 6.82. The van der Waals surface area contributed by atoms with E-state index < -0.39 is 5.41 Å². The number of hydrogen-bond donors (Lipinski definition) is 1. The minimum absolute atomic E-state index is 0.146. The van der Waals surface area contributed by atoms with Crippen LogP contribution in [0.25, 0.3) is 0 Å². The Morgan fingerprint density at radius 2 is 1.77 bits per heavy atom. The van der Waals surface area contributed by atoms with Crippen LogP contribution in [0, 0.1) is 5.41 Å². The Hall–Kier alpha value is -2.28. The van der Waals surface area contributed by atoms with Crippen LogP contribution in [0.1, 0.15) is 13.8 Å². The molecule has 0 saturated carbocycles. The van der Waals surface area contributed by atoms with E-state index in [2.05, 4.69) is 10.2 Å². The number of anilines is 1. The Labute approximate surface area is 155 Å². The van der Waals surface area contributed by atoms with E-state index in [4.69, 9.17) is 9.47 Å². The van der Waals surface area contributed by atoms with Crippen LogP contribution in [-0.4, -0.2) is 70.3 Å². The van der Waals surface area contributed by atoms with Crippen molar-refractivity contribution < 1.29 is 19.1 Å². The standard InChI is InChI=1S/C19H29N3O4/c1-19(2,17(23)20-9-14-25-3)18(24)22-12-10-21(11-13-22)15-7-5-6-8-16(15)26-4/h5-8H,9-14H2,1-4H3,(H,20,23). The van der Waals surface area contributed by atoms with Crippen LogP contribution in [0.5, 0.6) is 5.75 Å². The summed E-state index contributed by atoms with van der Waals surface area (Å²) in [7, 11) is 3.23. The fourth-order valence-corrected chi connectivity index (χ4v) is 3.02. The Kier molecular flexibility index (Phi) is 6.85. The second kappa shape index (κ2) is 8.89. The average molecular weight is 363 g/mol. The zero-order valence-electron chi connectivity index (χ0n) is 16.1. The molecule has 7 nitrogen and oxygen atoms in total. The van der Waals surface area contributed by atoms with E-state index in [0.717, 1.165) is 11.4 Å². The molecule has 2 amide bonds.